The van der Waals surface area contributed by atoms with Crippen molar-refractivity contribution in [3.05, 3.63) is 41.7 Å². The van der Waals surface area contributed by atoms with Crippen LogP contribution in [-0.2, 0) is 13.0 Å². The number of nitrogens with zero attached hydrogens (tertiary/aromatic N) is 2. The summed E-state index contributed by atoms with van der Waals surface area (Å²) in [6.45, 7) is 3.48. The van der Waals surface area contributed by atoms with Gasteiger partial charge in [0.25, 0.3) is 0 Å². The molecule has 4 rings (SSSR count). The third-order valence-corrected chi connectivity index (χ3v) is 3.91. The first kappa shape index (κ1) is 11.8. The highest BCUT2D eigenvalue weighted by molar-refractivity contribution is 5.40. The van der Waals surface area contributed by atoms with E-state index in [0.717, 1.165) is 37.6 Å². The maximum absolute atomic E-state index is 6.01. The second-order valence-corrected chi connectivity index (χ2v) is 5.36. The Balaban J connectivity index is 1.42. The van der Waals surface area contributed by atoms with Gasteiger partial charge in [0.1, 0.15) is 12.7 Å². The van der Waals surface area contributed by atoms with Gasteiger partial charge in [0.2, 0.25) is 0 Å². The fourth-order valence-corrected chi connectivity index (χ4v) is 2.88. The van der Waals surface area contributed by atoms with E-state index in [4.69, 9.17) is 9.47 Å². The van der Waals surface area contributed by atoms with Gasteiger partial charge in [-0.2, -0.15) is 5.10 Å². The van der Waals surface area contributed by atoms with Crippen molar-refractivity contribution in [1.29, 1.82) is 0 Å². The monoisotopic (exact) mass is 271 g/mol. The van der Waals surface area contributed by atoms with E-state index in [2.05, 4.69) is 15.1 Å². The molecular weight excluding hydrogens is 254 g/mol. The molecule has 2 aliphatic rings. The maximum Gasteiger partial charge on any atom is 0.161 e. The summed E-state index contributed by atoms with van der Waals surface area (Å²) in [4.78, 5) is 2.40. The first-order valence-corrected chi connectivity index (χ1v) is 7.00. The molecule has 0 saturated heterocycles. The lowest BCUT2D eigenvalue weighted by atomic mass is 10.1. The highest BCUT2D eigenvalue weighted by atomic mass is 16.6. The van der Waals surface area contributed by atoms with Crippen LogP contribution in [0.1, 0.15) is 11.3 Å². The van der Waals surface area contributed by atoms with Crippen LogP contribution in [0, 0.1) is 0 Å². The molecule has 5 nitrogen and oxygen atoms in total. The molecule has 5 heteroatoms. The molecule has 0 saturated carbocycles. The van der Waals surface area contributed by atoms with Gasteiger partial charge >= 0.3 is 0 Å². The number of H-pyrrole nitrogens is 1. The van der Waals surface area contributed by atoms with E-state index in [-0.39, 0.29) is 6.10 Å². The molecule has 0 amide bonds. The first-order valence-electron chi connectivity index (χ1n) is 7.00. The van der Waals surface area contributed by atoms with Crippen molar-refractivity contribution in [2.45, 2.75) is 19.1 Å². The van der Waals surface area contributed by atoms with Crippen molar-refractivity contribution in [2.24, 2.45) is 0 Å². The summed E-state index contributed by atoms with van der Waals surface area (Å²) in [6.07, 6.45) is 3.05. The summed E-state index contributed by atoms with van der Waals surface area (Å²) in [7, 11) is 0. The molecule has 3 heterocycles. The molecule has 2 aliphatic heterocycles. The number of para-hydroxylation sites is 2. The zero-order valence-corrected chi connectivity index (χ0v) is 11.2. The largest absolute Gasteiger partial charge is 0.486 e. The Morgan fingerprint density at radius 1 is 1.30 bits per heavy atom. The predicted octanol–water partition coefficient (Wildman–Crippen LogP) is 1.61. The minimum atomic E-state index is 0.0957. The fourth-order valence-electron chi connectivity index (χ4n) is 2.88. The molecule has 1 atom stereocenters. The van der Waals surface area contributed by atoms with Crippen molar-refractivity contribution in [3.8, 4) is 11.5 Å². The van der Waals surface area contributed by atoms with Crippen LogP contribution >= 0.6 is 0 Å². The van der Waals surface area contributed by atoms with Crippen LogP contribution < -0.4 is 9.47 Å². The molecule has 0 radical (unpaired) electrons. The van der Waals surface area contributed by atoms with Crippen molar-refractivity contribution >= 4 is 0 Å². The third kappa shape index (κ3) is 2.14. The van der Waals surface area contributed by atoms with Crippen LogP contribution in [-0.4, -0.2) is 40.9 Å². The summed E-state index contributed by atoms with van der Waals surface area (Å²) >= 11 is 0. The average Bonchev–Trinajstić information content (AvgIpc) is 2.95. The number of rotatable bonds is 2. The molecule has 1 N–H and O–H groups in total. The highest BCUT2D eigenvalue weighted by Crippen LogP contribution is 2.31. The number of nitrogens with one attached hydrogen (secondary N) is 1. The number of aromatic nitrogens is 2. The van der Waals surface area contributed by atoms with E-state index >= 15 is 0 Å². The molecular formula is C15H17N3O2. The summed E-state index contributed by atoms with van der Waals surface area (Å²) < 4.78 is 11.8. The smallest absolute Gasteiger partial charge is 0.161 e. The third-order valence-electron chi connectivity index (χ3n) is 3.91. The van der Waals surface area contributed by atoms with Crippen molar-refractivity contribution in [1.82, 2.24) is 15.1 Å². The Hall–Kier alpha value is -2.01. The van der Waals surface area contributed by atoms with E-state index in [1.165, 1.54) is 11.3 Å². The van der Waals surface area contributed by atoms with Crippen LogP contribution in [0.4, 0.5) is 0 Å². The maximum atomic E-state index is 6.01. The standard InChI is InChI=1S/C15H17N3O2/c1-2-4-15-14(3-1)19-10-12(20-15)9-18-6-5-13-11(8-18)7-16-17-13/h1-4,7,12H,5-6,8-10H2,(H,16,17)/t12-/m0/s1. The second kappa shape index (κ2) is 4.83. The van der Waals surface area contributed by atoms with Gasteiger partial charge in [-0.1, -0.05) is 12.1 Å². The van der Waals surface area contributed by atoms with E-state index in [1.54, 1.807) is 0 Å². The van der Waals surface area contributed by atoms with Crippen LogP contribution in [0.5, 0.6) is 11.5 Å². The molecule has 0 aliphatic carbocycles. The second-order valence-electron chi connectivity index (χ2n) is 5.36. The number of hydrogen-bond donors (Lipinski definition) is 1. The van der Waals surface area contributed by atoms with Crippen LogP contribution in [0.3, 0.4) is 0 Å². The van der Waals surface area contributed by atoms with Crippen LogP contribution in [0.2, 0.25) is 0 Å². The molecule has 0 spiro atoms. The van der Waals surface area contributed by atoms with Gasteiger partial charge in [-0.25, -0.2) is 0 Å². The van der Waals surface area contributed by atoms with Gasteiger partial charge in [0.05, 0.1) is 6.20 Å². The van der Waals surface area contributed by atoms with E-state index in [0.29, 0.717) is 6.61 Å². The molecule has 104 valence electrons. The summed E-state index contributed by atoms with van der Waals surface area (Å²) in [5.41, 5.74) is 2.57. The van der Waals surface area contributed by atoms with Crippen LogP contribution in [0.25, 0.3) is 0 Å². The zero-order chi connectivity index (χ0) is 13.4. The molecule has 2 aromatic rings. The molecule has 1 aromatic carbocycles. The Kier molecular flexibility index (Phi) is 2.85. The average molecular weight is 271 g/mol. The Bertz CT molecular complexity index is 611. The zero-order valence-electron chi connectivity index (χ0n) is 11.2. The normalized spacial score (nSPS) is 21.5. The van der Waals surface area contributed by atoms with Gasteiger partial charge in [-0.05, 0) is 12.1 Å². The predicted molar refractivity (Wildman–Crippen MR) is 73.9 cm³/mol. The van der Waals surface area contributed by atoms with E-state index in [1.807, 2.05) is 30.5 Å². The van der Waals surface area contributed by atoms with Gasteiger partial charge < -0.3 is 9.47 Å². The number of hydrogen-bond acceptors (Lipinski definition) is 4. The summed E-state index contributed by atoms with van der Waals surface area (Å²) in [5.74, 6) is 1.70. The Labute approximate surface area is 117 Å². The summed E-state index contributed by atoms with van der Waals surface area (Å²) in [6, 6.07) is 7.85. The van der Waals surface area contributed by atoms with Gasteiger partial charge in [-0.3, -0.25) is 10.00 Å². The minimum Gasteiger partial charge on any atom is -0.486 e. The topological polar surface area (TPSA) is 50.4 Å². The lowest BCUT2D eigenvalue weighted by molar-refractivity contribution is 0.0548. The fraction of sp³-hybridized carbons (Fsp3) is 0.400. The lowest BCUT2D eigenvalue weighted by Crippen LogP contribution is -2.42. The first-order chi connectivity index (χ1) is 9.88. The van der Waals surface area contributed by atoms with Gasteiger partial charge in [0, 0.05) is 37.3 Å². The van der Waals surface area contributed by atoms with E-state index in [9.17, 15) is 0 Å². The molecule has 0 fully saturated rings. The van der Waals surface area contributed by atoms with Crippen LogP contribution in [0.15, 0.2) is 30.5 Å². The molecule has 0 bridgehead atoms. The lowest BCUT2D eigenvalue weighted by Gasteiger charge is -2.32. The number of ether oxygens (including phenoxy) is 2. The number of benzene rings is 1. The van der Waals surface area contributed by atoms with E-state index < -0.39 is 0 Å². The van der Waals surface area contributed by atoms with Crippen molar-refractivity contribution in [2.75, 3.05) is 19.7 Å². The Morgan fingerprint density at radius 3 is 3.15 bits per heavy atom. The Morgan fingerprint density at radius 2 is 2.20 bits per heavy atom. The van der Waals surface area contributed by atoms with Crippen molar-refractivity contribution < 1.29 is 9.47 Å². The van der Waals surface area contributed by atoms with Gasteiger partial charge in [0.15, 0.2) is 11.5 Å². The van der Waals surface area contributed by atoms with Gasteiger partial charge in [-0.15, -0.1) is 0 Å². The quantitative estimate of drug-likeness (QED) is 0.901. The summed E-state index contributed by atoms with van der Waals surface area (Å²) in [5, 5.41) is 7.17. The molecule has 20 heavy (non-hydrogen) atoms. The number of fused-ring (bicyclic) bond motifs is 2. The SMILES string of the molecule is c1ccc2c(c1)OC[C@H](CN1CCc3[nH]ncc3C1)O2. The molecule has 1 aromatic heterocycles. The number of aromatic amines is 1. The molecule has 0 unspecified atom stereocenters. The van der Waals surface area contributed by atoms with Crippen molar-refractivity contribution in [3.63, 3.8) is 0 Å². The minimum absolute atomic E-state index is 0.0957. The highest BCUT2D eigenvalue weighted by Gasteiger charge is 2.25.